The first-order valence-corrected chi connectivity index (χ1v) is 10.3. The van der Waals surface area contributed by atoms with E-state index in [0.717, 1.165) is 44.9 Å². The monoisotopic (exact) mass is 330 g/mol. The molecular formula is C16H30N2O3S. The van der Waals surface area contributed by atoms with Crippen LogP contribution in [0.25, 0.3) is 0 Å². The molecule has 6 heteroatoms. The van der Waals surface area contributed by atoms with Gasteiger partial charge in [-0.2, -0.15) is 0 Å². The normalized spacial score (nSPS) is 30.8. The molecular weight excluding hydrogens is 300 g/mol. The molecule has 1 amide bonds. The quantitative estimate of drug-likeness (QED) is 0.859. The number of nitrogens with one attached hydrogen (secondary N) is 1. The van der Waals surface area contributed by atoms with Gasteiger partial charge >= 0.3 is 0 Å². The van der Waals surface area contributed by atoms with Crippen LogP contribution in [0.3, 0.4) is 0 Å². The van der Waals surface area contributed by atoms with Gasteiger partial charge in [0, 0.05) is 19.1 Å². The molecule has 1 N–H and O–H groups in total. The molecule has 1 atom stereocenters. The number of nitrogens with zero attached hydrogens (tertiary/aromatic N) is 1. The lowest BCUT2D eigenvalue weighted by Crippen LogP contribution is -2.44. The van der Waals surface area contributed by atoms with Gasteiger partial charge in [0.05, 0.1) is 0 Å². The van der Waals surface area contributed by atoms with Gasteiger partial charge in [0.25, 0.3) is 0 Å². The first kappa shape index (κ1) is 17.7. The molecule has 0 aromatic carbocycles. The zero-order chi connectivity index (χ0) is 16.2. The third-order valence-electron chi connectivity index (χ3n) is 5.05. The van der Waals surface area contributed by atoms with Gasteiger partial charge in [-0.15, -0.1) is 0 Å². The van der Waals surface area contributed by atoms with Gasteiger partial charge in [0.1, 0.15) is 5.75 Å². The standard InChI is InChI=1S/C16H30N2O3S/c1-13-4-3-10-18(11-9-13)16(19)12-22(20,21)17-15-7-5-14(2)6-8-15/h13-15,17H,3-12H2,1-2H3. The molecule has 0 radical (unpaired) electrons. The molecule has 1 saturated heterocycles. The lowest BCUT2D eigenvalue weighted by molar-refractivity contribution is -0.128. The molecule has 0 aromatic rings. The maximum absolute atomic E-state index is 12.3. The summed E-state index contributed by atoms with van der Waals surface area (Å²) in [6.07, 6.45) is 6.96. The average Bonchev–Trinajstić information content (AvgIpc) is 2.65. The Kier molecular flexibility index (Phi) is 6.26. The molecule has 1 saturated carbocycles. The number of sulfonamides is 1. The fourth-order valence-corrected chi connectivity index (χ4v) is 4.77. The zero-order valence-electron chi connectivity index (χ0n) is 13.9. The van der Waals surface area contributed by atoms with Crippen LogP contribution in [-0.4, -0.2) is 44.1 Å². The Morgan fingerprint density at radius 2 is 1.64 bits per heavy atom. The first-order chi connectivity index (χ1) is 10.4. The summed E-state index contributed by atoms with van der Waals surface area (Å²) in [4.78, 5) is 14.0. The number of hydrogen-bond acceptors (Lipinski definition) is 3. The molecule has 2 rings (SSSR count). The highest BCUT2D eigenvalue weighted by Gasteiger charge is 2.27. The van der Waals surface area contributed by atoms with Gasteiger partial charge < -0.3 is 4.90 Å². The Hall–Kier alpha value is -0.620. The number of amides is 1. The molecule has 0 aromatic heterocycles. The Morgan fingerprint density at radius 3 is 2.32 bits per heavy atom. The molecule has 1 aliphatic heterocycles. The van der Waals surface area contributed by atoms with Crippen molar-refractivity contribution in [3.05, 3.63) is 0 Å². The number of rotatable bonds is 4. The third kappa shape index (κ3) is 5.54. The Bertz CT molecular complexity index is 470. The molecule has 2 fully saturated rings. The van der Waals surface area contributed by atoms with Crippen LogP contribution in [0.4, 0.5) is 0 Å². The molecule has 22 heavy (non-hydrogen) atoms. The summed E-state index contributed by atoms with van der Waals surface area (Å²) < 4.78 is 27.2. The summed E-state index contributed by atoms with van der Waals surface area (Å²) in [5, 5.41) is 0. The van der Waals surface area contributed by atoms with Gasteiger partial charge in [-0.3, -0.25) is 4.79 Å². The second-order valence-corrected chi connectivity index (χ2v) is 9.00. The first-order valence-electron chi connectivity index (χ1n) is 8.63. The highest BCUT2D eigenvalue weighted by molar-refractivity contribution is 7.90. The third-order valence-corrected chi connectivity index (χ3v) is 6.36. The van der Waals surface area contributed by atoms with Gasteiger partial charge in [0.2, 0.25) is 15.9 Å². The lowest BCUT2D eigenvalue weighted by Gasteiger charge is -2.27. The molecule has 1 unspecified atom stereocenters. The Labute approximate surface area is 134 Å². The Balaban J connectivity index is 1.84. The molecule has 2 aliphatic rings. The molecule has 1 heterocycles. The number of likely N-dealkylation sites (tertiary alicyclic amines) is 1. The van der Waals surface area contributed by atoms with E-state index in [4.69, 9.17) is 0 Å². The predicted octanol–water partition coefficient (Wildman–Crippen LogP) is 2.13. The Morgan fingerprint density at radius 1 is 1.00 bits per heavy atom. The van der Waals surface area contributed by atoms with E-state index in [1.54, 1.807) is 4.90 Å². The van der Waals surface area contributed by atoms with Gasteiger partial charge in [-0.1, -0.05) is 13.8 Å². The smallest absolute Gasteiger partial charge is 0.239 e. The molecule has 0 bridgehead atoms. The van der Waals surface area contributed by atoms with Crippen molar-refractivity contribution in [3.8, 4) is 0 Å². The van der Waals surface area contributed by atoms with Crippen LogP contribution < -0.4 is 4.72 Å². The minimum Gasteiger partial charge on any atom is -0.342 e. The minimum absolute atomic E-state index is 0.0122. The van der Waals surface area contributed by atoms with Crippen LogP contribution in [0, 0.1) is 11.8 Å². The van der Waals surface area contributed by atoms with E-state index in [1.165, 1.54) is 0 Å². The zero-order valence-corrected chi connectivity index (χ0v) is 14.7. The van der Waals surface area contributed by atoms with Crippen molar-refractivity contribution < 1.29 is 13.2 Å². The van der Waals surface area contributed by atoms with E-state index in [1.807, 2.05) is 0 Å². The van der Waals surface area contributed by atoms with Gasteiger partial charge in [-0.25, -0.2) is 13.1 Å². The maximum atomic E-state index is 12.3. The average molecular weight is 330 g/mol. The largest absolute Gasteiger partial charge is 0.342 e. The summed E-state index contributed by atoms with van der Waals surface area (Å²) in [7, 11) is -3.51. The van der Waals surface area contributed by atoms with E-state index in [0.29, 0.717) is 24.9 Å². The molecule has 5 nitrogen and oxygen atoms in total. The molecule has 128 valence electrons. The second-order valence-electron chi connectivity index (χ2n) is 7.25. The fourth-order valence-electron chi connectivity index (χ4n) is 3.44. The minimum atomic E-state index is -3.51. The van der Waals surface area contributed by atoms with E-state index in [-0.39, 0.29) is 11.9 Å². The summed E-state index contributed by atoms with van der Waals surface area (Å²) >= 11 is 0. The highest BCUT2D eigenvalue weighted by atomic mass is 32.2. The summed E-state index contributed by atoms with van der Waals surface area (Å²) in [5.74, 6) is 0.664. The van der Waals surface area contributed by atoms with Crippen LogP contribution in [0.2, 0.25) is 0 Å². The number of carbonyl (C=O) groups excluding carboxylic acids is 1. The summed E-state index contributed by atoms with van der Waals surface area (Å²) in [6.45, 7) is 5.78. The van der Waals surface area contributed by atoms with Crippen LogP contribution in [0.1, 0.15) is 58.8 Å². The van der Waals surface area contributed by atoms with Crippen molar-refractivity contribution in [2.24, 2.45) is 11.8 Å². The van der Waals surface area contributed by atoms with Crippen molar-refractivity contribution >= 4 is 15.9 Å². The van der Waals surface area contributed by atoms with E-state index in [9.17, 15) is 13.2 Å². The van der Waals surface area contributed by atoms with E-state index in [2.05, 4.69) is 18.6 Å². The lowest BCUT2D eigenvalue weighted by atomic mass is 9.88. The van der Waals surface area contributed by atoms with Crippen LogP contribution in [0.15, 0.2) is 0 Å². The maximum Gasteiger partial charge on any atom is 0.239 e. The van der Waals surface area contributed by atoms with E-state index < -0.39 is 15.8 Å². The SMILES string of the molecule is CC1CCC(NS(=O)(=O)CC(=O)N2CCCC(C)CC2)CC1. The van der Waals surface area contributed by atoms with Gasteiger partial charge in [0.15, 0.2) is 0 Å². The van der Waals surface area contributed by atoms with Crippen molar-refractivity contribution in [1.82, 2.24) is 9.62 Å². The summed E-state index contributed by atoms with van der Waals surface area (Å²) in [6, 6.07) is 0.0122. The van der Waals surface area contributed by atoms with Crippen molar-refractivity contribution in [1.29, 1.82) is 0 Å². The molecule has 0 spiro atoms. The number of hydrogen-bond donors (Lipinski definition) is 1. The predicted molar refractivity (Wildman–Crippen MR) is 87.9 cm³/mol. The van der Waals surface area contributed by atoms with Crippen LogP contribution >= 0.6 is 0 Å². The number of carbonyl (C=O) groups is 1. The van der Waals surface area contributed by atoms with Crippen molar-refractivity contribution in [2.75, 3.05) is 18.8 Å². The van der Waals surface area contributed by atoms with Crippen LogP contribution in [-0.2, 0) is 14.8 Å². The van der Waals surface area contributed by atoms with Crippen LogP contribution in [0.5, 0.6) is 0 Å². The second kappa shape index (κ2) is 7.77. The van der Waals surface area contributed by atoms with Gasteiger partial charge in [-0.05, 0) is 56.8 Å². The topological polar surface area (TPSA) is 66.5 Å². The van der Waals surface area contributed by atoms with Crippen molar-refractivity contribution in [2.45, 2.75) is 64.8 Å². The summed E-state index contributed by atoms with van der Waals surface area (Å²) in [5.41, 5.74) is 0. The fraction of sp³-hybridized carbons (Fsp3) is 0.938. The van der Waals surface area contributed by atoms with E-state index >= 15 is 0 Å². The highest BCUT2D eigenvalue weighted by Crippen LogP contribution is 2.24. The molecule has 1 aliphatic carbocycles. The van der Waals surface area contributed by atoms with Crippen molar-refractivity contribution in [3.63, 3.8) is 0 Å².